The quantitative estimate of drug-likeness (QED) is 0.717. The first-order chi connectivity index (χ1) is 8.11. The number of nitrogens with one attached hydrogen (secondary N) is 1. The van der Waals surface area contributed by atoms with Crippen LogP contribution in [0.1, 0.15) is 52.9 Å². The van der Waals surface area contributed by atoms with Crippen LogP contribution < -0.4 is 5.32 Å². The van der Waals surface area contributed by atoms with Crippen molar-refractivity contribution in [1.29, 1.82) is 0 Å². The number of hydrogen-bond acceptors (Lipinski definition) is 3. The highest BCUT2D eigenvalue weighted by Crippen LogP contribution is 2.23. The lowest BCUT2D eigenvalue weighted by Crippen LogP contribution is -2.60. The number of piperidine rings is 1. The standard InChI is InChI=1S/C14H30N2O/c1-4-6-10-16(11-7-5-2)13-12-15-9-8-14(13,3)17/h13,15,17H,4-12H2,1-3H3. The van der Waals surface area contributed by atoms with Gasteiger partial charge in [-0.3, -0.25) is 4.90 Å². The predicted octanol–water partition coefficient (Wildman–Crippen LogP) is 2.00. The second-order valence-corrected chi connectivity index (χ2v) is 5.57. The second kappa shape index (κ2) is 7.34. The van der Waals surface area contributed by atoms with Gasteiger partial charge < -0.3 is 10.4 Å². The van der Waals surface area contributed by atoms with Crippen LogP contribution >= 0.6 is 0 Å². The molecule has 2 N–H and O–H groups in total. The SMILES string of the molecule is CCCCN(CCCC)C1CNCCC1(C)O. The highest BCUT2D eigenvalue weighted by atomic mass is 16.3. The van der Waals surface area contributed by atoms with Gasteiger partial charge in [0.2, 0.25) is 0 Å². The van der Waals surface area contributed by atoms with Crippen molar-refractivity contribution in [2.45, 2.75) is 64.5 Å². The Kier molecular flexibility index (Phi) is 6.45. The molecule has 0 aromatic heterocycles. The molecular weight excluding hydrogens is 212 g/mol. The summed E-state index contributed by atoms with van der Waals surface area (Å²) in [4.78, 5) is 2.50. The third kappa shape index (κ3) is 4.57. The summed E-state index contributed by atoms with van der Waals surface area (Å²) in [7, 11) is 0. The molecule has 3 nitrogen and oxygen atoms in total. The number of hydrogen-bond donors (Lipinski definition) is 2. The molecule has 102 valence electrons. The minimum atomic E-state index is -0.521. The van der Waals surface area contributed by atoms with Crippen molar-refractivity contribution in [2.75, 3.05) is 26.2 Å². The molecule has 3 heteroatoms. The van der Waals surface area contributed by atoms with Crippen LogP contribution in [0.2, 0.25) is 0 Å². The smallest absolute Gasteiger partial charge is 0.0798 e. The number of nitrogens with zero attached hydrogens (tertiary/aromatic N) is 1. The fraction of sp³-hybridized carbons (Fsp3) is 1.00. The number of aliphatic hydroxyl groups is 1. The molecule has 0 bridgehead atoms. The minimum Gasteiger partial charge on any atom is -0.388 e. The van der Waals surface area contributed by atoms with Gasteiger partial charge in [-0.2, -0.15) is 0 Å². The molecule has 2 atom stereocenters. The van der Waals surface area contributed by atoms with E-state index < -0.39 is 5.60 Å². The molecule has 1 aliphatic heterocycles. The van der Waals surface area contributed by atoms with Crippen LogP contribution in [0, 0.1) is 0 Å². The number of rotatable bonds is 7. The summed E-state index contributed by atoms with van der Waals surface area (Å²) < 4.78 is 0. The fourth-order valence-electron chi connectivity index (χ4n) is 2.64. The average Bonchev–Trinajstić information content (AvgIpc) is 2.30. The lowest BCUT2D eigenvalue weighted by molar-refractivity contribution is -0.0535. The highest BCUT2D eigenvalue weighted by molar-refractivity contribution is 4.95. The van der Waals surface area contributed by atoms with Crippen molar-refractivity contribution in [3.63, 3.8) is 0 Å². The molecular formula is C14H30N2O. The van der Waals surface area contributed by atoms with Gasteiger partial charge in [-0.25, -0.2) is 0 Å². The topological polar surface area (TPSA) is 35.5 Å². The Labute approximate surface area is 107 Å². The van der Waals surface area contributed by atoms with Crippen molar-refractivity contribution in [3.05, 3.63) is 0 Å². The van der Waals surface area contributed by atoms with Gasteiger partial charge in [0.1, 0.15) is 0 Å². The molecule has 0 aromatic carbocycles. The van der Waals surface area contributed by atoms with Crippen molar-refractivity contribution < 1.29 is 5.11 Å². The summed E-state index contributed by atoms with van der Waals surface area (Å²) in [5.41, 5.74) is -0.521. The molecule has 17 heavy (non-hydrogen) atoms. The second-order valence-electron chi connectivity index (χ2n) is 5.57. The summed E-state index contributed by atoms with van der Waals surface area (Å²) in [5, 5.41) is 13.9. The van der Waals surface area contributed by atoms with E-state index in [-0.39, 0.29) is 6.04 Å². The Hall–Kier alpha value is -0.120. The molecule has 1 saturated heterocycles. The van der Waals surface area contributed by atoms with Gasteiger partial charge in [-0.15, -0.1) is 0 Å². The molecule has 1 aliphatic rings. The Morgan fingerprint density at radius 1 is 1.24 bits per heavy atom. The zero-order valence-corrected chi connectivity index (χ0v) is 11.8. The summed E-state index contributed by atoms with van der Waals surface area (Å²) in [6.07, 6.45) is 5.79. The van der Waals surface area contributed by atoms with Gasteiger partial charge in [-0.1, -0.05) is 26.7 Å². The van der Waals surface area contributed by atoms with E-state index in [1.54, 1.807) is 0 Å². The Morgan fingerprint density at radius 2 is 1.82 bits per heavy atom. The lowest BCUT2D eigenvalue weighted by atomic mass is 9.88. The van der Waals surface area contributed by atoms with Gasteiger partial charge in [0, 0.05) is 6.54 Å². The van der Waals surface area contributed by atoms with Crippen LogP contribution in [0.5, 0.6) is 0 Å². The molecule has 0 spiro atoms. The van der Waals surface area contributed by atoms with Crippen molar-refractivity contribution in [1.82, 2.24) is 10.2 Å². The van der Waals surface area contributed by atoms with Gasteiger partial charge in [0.05, 0.1) is 11.6 Å². The first kappa shape index (κ1) is 14.9. The normalized spacial score (nSPS) is 29.8. The summed E-state index contributed by atoms with van der Waals surface area (Å²) in [6, 6.07) is 0.286. The Morgan fingerprint density at radius 3 is 2.29 bits per heavy atom. The fourth-order valence-corrected chi connectivity index (χ4v) is 2.64. The van der Waals surface area contributed by atoms with Crippen molar-refractivity contribution >= 4 is 0 Å². The molecule has 0 aromatic rings. The molecule has 0 radical (unpaired) electrons. The van der Waals surface area contributed by atoms with Crippen molar-refractivity contribution in [2.24, 2.45) is 0 Å². The average molecular weight is 242 g/mol. The van der Waals surface area contributed by atoms with Crippen molar-refractivity contribution in [3.8, 4) is 0 Å². The van der Waals surface area contributed by atoms with Gasteiger partial charge in [0.25, 0.3) is 0 Å². The molecule has 2 unspecified atom stereocenters. The molecule has 1 rings (SSSR count). The van der Waals surface area contributed by atoms with E-state index in [1.165, 1.54) is 25.7 Å². The maximum absolute atomic E-state index is 10.5. The van der Waals surface area contributed by atoms with E-state index in [0.29, 0.717) is 0 Å². The molecule has 1 heterocycles. The first-order valence-electron chi connectivity index (χ1n) is 7.29. The van der Waals surface area contributed by atoms with E-state index in [1.807, 2.05) is 6.92 Å². The Balaban J connectivity index is 2.58. The summed E-state index contributed by atoms with van der Waals surface area (Å²) in [5.74, 6) is 0. The molecule has 0 amide bonds. The van der Waals surface area contributed by atoms with Gasteiger partial charge >= 0.3 is 0 Å². The third-order valence-electron chi connectivity index (χ3n) is 3.90. The van der Waals surface area contributed by atoms with E-state index in [9.17, 15) is 5.11 Å². The monoisotopic (exact) mass is 242 g/mol. The van der Waals surface area contributed by atoms with Crippen LogP contribution in [-0.2, 0) is 0 Å². The zero-order valence-electron chi connectivity index (χ0n) is 11.8. The Bertz CT molecular complexity index is 198. The minimum absolute atomic E-state index is 0.286. The maximum atomic E-state index is 10.5. The zero-order chi connectivity index (χ0) is 12.7. The maximum Gasteiger partial charge on any atom is 0.0798 e. The predicted molar refractivity (Wildman–Crippen MR) is 73.3 cm³/mol. The third-order valence-corrected chi connectivity index (χ3v) is 3.90. The van der Waals surface area contributed by atoms with Gasteiger partial charge in [-0.05, 0) is 45.8 Å². The van der Waals surface area contributed by atoms with E-state index in [0.717, 1.165) is 32.6 Å². The lowest BCUT2D eigenvalue weighted by Gasteiger charge is -2.44. The van der Waals surface area contributed by atoms with Gasteiger partial charge in [0.15, 0.2) is 0 Å². The van der Waals surface area contributed by atoms with Crippen LogP contribution in [0.3, 0.4) is 0 Å². The van der Waals surface area contributed by atoms with Crippen LogP contribution in [0.15, 0.2) is 0 Å². The summed E-state index contributed by atoms with van der Waals surface area (Å²) >= 11 is 0. The van der Waals surface area contributed by atoms with Crippen LogP contribution in [0.4, 0.5) is 0 Å². The number of unbranched alkanes of at least 4 members (excludes halogenated alkanes) is 2. The molecule has 0 aliphatic carbocycles. The highest BCUT2D eigenvalue weighted by Gasteiger charge is 2.37. The summed E-state index contributed by atoms with van der Waals surface area (Å²) in [6.45, 7) is 10.6. The van der Waals surface area contributed by atoms with E-state index in [4.69, 9.17) is 0 Å². The van der Waals surface area contributed by atoms with E-state index in [2.05, 4.69) is 24.1 Å². The first-order valence-corrected chi connectivity index (χ1v) is 7.29. The molecule has 1 fully saturated rings. The molecule has 0 saturated carbocycles. The van der Waals surface area contributed by atoms with Crippen LogP contribution in [0.25, 0.3) is 0 Å². The van der Waals surface area contributed by atoms with Crippen LogP contribution in [-0.4, -0.2) is 47.8 Å². The largest absolute Gasteiger partial charge is 0.388 e. The van der Waals surface area contributed by atoms with E-state index >= 15 is 0 Å².